The third kappa shape index (κ3) is 2.92. The van der Waals surface area contributed by atoms with Gasteiger partial charge in [-0.2, -0.15) is 0 Å². The van der Waals surface area contributed by atoms with E-state index in [-0.39, 0.29) is 24.0 Å². The third-order valence-electron chi connectivity index (χ3n) is 5.06. The highest BCUT2D eigenvalue weighted by Crippen LogP contribution is 2.37. The lowest BCUT2D eigenvalue weighted by atomic mass is 9.86. The van der Waals surface area contributed by atoms with E-state index in [0.717, 1.165) is 38.2 Å². The SMILES string of the molecule is C[C@]1(CO)CCC[C@H]1NC(=O)c1ccc(N2CCCC2)nn1. The van der Waals surface area contributed by atoms with Gasteiger partial charge in [0.2, 0.25) is 0 Å². The molecule has 1 amide bonds. The highest BCUT2D eigenvalue weighted by Gasteiger charge is 2.39. The molecule has 1 aliphatic carbocycles. The smallest absolute Gasteiger partial charge is 0.272 e. The number of nitrogens with zero attached hydrogens (tertiary/aromatic N) is 3. The van der Waals surface area contributed by atoms with Gasteiger partial charge in [-0.25, -0.2) is 0 Å². The van der Waals surface area contributed by atoms with Crippen LogP contribution in [0.5, 0.6) is 0 Å². The van der Waals surface area contributed by atoms with Crippen molar-refractivity contribution in [2.75, 3.05) is 24.6 Å². The van der Waals surface area contributed by atoms with E-state index in [9.17, 15) is 9.90 Å². The number of rotatable bonds is 4. The van der Waals surface area contributed by atoms with E-state index in [0.29, 0.717) is 5.69 Å². The Morgan fingerprint density at radius 2 is 2.14 bits per heavy atom. The molecular formula is C16H24N4O2. The summed E-state index contributed by atoms with van der Waals surface area (Å²) >= 11 is 0. The van der Waals surface area contributed by atoms with Gasteiger partial charge in [0.25, 0.3) is 5.91 Å². The fourth-order valence-electron chi connectivity index (χ4n) is 3.46. The van der Waals surface area contributed by atoms with Crippen LogP contribution in [0, 0.1) is 5.41 Å². The molecule has 2 aliphatic rings. The molecule has 0 unspecified atom stereocenters. The lowest BCUT2D eigenvalue weighted by molar-refractivity contribution is 0.0825. The molecule has 1 saturated heterocycles. The zero-order valence-electron chi connectivity index (χ0n) is 13.1. The van der Waals surface area contributed by atoms with Crippen LogP contribution in [0.1, 0.15) is 49.5 Å². The molecule has 0 aromatic carbocycles. The topological polar surface area (TPSA) is 78.4 Å². The number of hydrogen-bond donors (Lipinski definition) is 2. The van der Waals surface area contributed by atoms with Crippen molar-refractivity contribution >= 4 is 11.7 Å². The molecule has 1 saturated carbocycles. The molecule has 6 heteroatoms. The van der Waals surface area contributed by atoms with E-state index in [4.69, 9.17) is 0 Å². The van der Waals surface area contributed by atoms with Crippen molar-refractivity contribution in [3.63, 3.8) is 0 Å². The number of carbonyl (C=O) groups is 1. The van der Waals surface area contributed by atoms with Crippen LogP contribution in [0.15, 0.2) is 12.1 Å². The normalized spacial score (nSPS) is 28.1. The second kappa shape index (κ2) is 6.20. The second-order valence-electron chi connectivity index (χ2n) is 6.70. The summed E-state index contributed by atoms with van der Waals surface area (Å²) in [5.41, 5.74) is 0.119. The molecule has 6 nitrogen and oxygen atoms in total. The molecule has 1 aliphatic heterocycles. The van der Waals surface area contributed by atoms with Crippen LogP contribution in [0.2, 0.25) is 0 Å². The summed E-state index contributed by atoms with van der Waals surface area (Å²) in [7, 11) is 0. The maximum Gasteiger partial charge on any atom is 0.272 e. The number of aliphatic hydroxyl groups excluding tert-OH is 1. The minimum atomic E-state index is -0.224. The van der Waals surface area contributed by atoms with Crippen LogP contribution >= 0.6 is 0 Å². The van der Waals surface area contributed by atoms with E-state index >= 15 is 0 Å². The Morgan fingerprint density at radius 3 is 2.77 bits per heavy atom. The van der Waals surface area contributed by atoms with Gasteiger partial charge >= 0.3 is 0 Å². The predicted molar refractivity (Wildman–Crippen MR) is 83.8 cm³/mol. The molecule has 0 spiro atoms. The van der Waals surface area contributed by atoms with E-state index in [2.05, 4.69) is 20.4 Å². The molecule has 0 radical (unpaired) electrons. The number of hydrogen-bond acceptors (Lipinski definition) is 5. The van der Waals surface area contributed by atoms with Gasteiger partial charge in [0, 0.05) is 24.5 Å². The fourth-order valence-corrected chi connectivity index (χ4v) is 3.46. The van der Waals surface area contributed by atoms with Crippen LogP contribution in [0.4, 0.5) is 5.82 Å². The first-order chi connectivity index (χ1) is 10.6. The number of aromatic nitrogens is 2. The molecule has 2 atom stereocenters. The van der Waals surface area contributed by atoms with Crippen molar-refractivity contribution in [1.82, 2.24) is 15.5 Å². The Morgan fingerprint density at radius 1 is 1.36 bits per heavy atom. The van der Waals surface area contributed by atoms with Gasteiger partial charge in [-0.05, 0) is 37.8 Å². The van der Waals surface area contributed by atoms with Crippen molar-refractivity contribution in [2.24, 2.45) is 5.41 Å². The van der Waals surface area contributed by atoms with Gasteiger partial charge in [-0.3, -0.25) is 4.79 Å². The molecule has 1 aromatic heterocycles. The highest BCUT2D eigenvalue weighted by atomic mass is 16.3. The zero-order valence-corrected chi connectivity index (χ0v) is 13.1. The summed E-state index contributed by atoms with van der Waals surface area (Å²) in [6.45, 7) is 4.14. The van der Waals surface area contributed by atoms with Gasteiger partial charge in [0.1, 0.15) is 0 Å². The Labute approximate surface area is 130 Å². The summed E-state index contributed by atoms with van der Waals surface area (Å²) in [6.07, 6.45) is 5.24. The van der Waals surface area contributed by atoms with Gasteiger partial charge in [-0.15, -0.1) is 10.2 Å². The molecule has 0 bridgehead atoms. The van der Waals surface area contributed by atoms with Crippen LogP contribution in [0.25, 0.3) is 0 Å². The van der Waals surface area contributed by atoms with E-state index < -0.39 is 0 Å². The molecule has 1 aromatic rings. The van der Waals surface area contributed by atoms with E-state index in [1.54, 1.807) is 6.07 Å². The summed E-state index contributed by atoms with van der Waals surface area (Å²) in [5.74, 6) is 0.641. The van der Waals surface area contributed by atoms with Gasteiger partial charge < -0.3 is 15.3 Å². The standard InChI is InChI=1S/C16H24N4O2/c1-16(11-21)8-4-5-13(16)17-15(22)12-6-7-14(19-18-12)20-9-2-3-10-20/h6-7,13,21H,2-5,8-11H2,1H3,(H,17,22)/t13-,16-/m1/s1. The van der Waals surface area contributed by atoms with E-state index in [1.807, 2.05) is 13.0 Å². The van der Waals surface area contributed by atoms with Crippen molar-refractivity contribution in [3.05, 3.63) is 17.8 Å². The predicted octanol–water partition coefficient (Wildman–Crippen LogP) is 1.36. The molecule has 2 heterocycles. The fraction of sp³-hybridized carbons (Fsp3) is 0.688. The average Bonchev–Trinajstić information content (AvgIpc) is 3.19. The summed E-state index contributed by atoms with van der Waals surface area (Å²) in [5, 5.41) is 20.8. The maximum atomic E-state index is 12.3. The number of amides is 1. The van der Waals surface area contributed by atoms with Crippen LogP contribution in [0.3, 0.4) is 0 Å². The summed E-state index contributed by atoms with van der Waals surface area (Å²) < 4.78 is 0. The van der Waals surface area contributed by atoms with Crippen molar-refractivity contribution < 1.29 is 9.90 Å². The Kier molecular flexibility index (Phi) is 4.29. The van der Waals surface area contributed by atoms with Crippen LogP contribution in [-0.2, 0) is 0 Å². The zero-order chi connectivity index (χ0) is 15.6. The quantitative estimate of drug-likeness (QED) is 0.878. The third-order valence-corrected chi connectivity index (χ3v) is 5.06. The van der Waals surface area contributed by atoms with Gasteiger partial charge in [0.15, 0.2) is 11.5 Å². The molecule has 2 N–H and O–H groups in total. The minimum absolute atomic E-state index is 0.00468. The Hall–Kier alpha value is -1.69. The van der Waals surface area contributed by atoms with Gasteiger partial charge in [0.05, 0.1) is 6.61 Å². The summed E-state index contributed by atoms with van der Waals surface area (Å²) in [4.78, 5) is 14.5. The Bertz CT molecular complexity index is 527. The van der Waals surface area contributed by atoms with Gasteiger partial charge in [-0.1, -0.05) is 13.3 Å². The second-order valence-corrected chi connectivity index (χ2v) is 6.70. The van der Waals surface area contributed by atoms with Crippen molar-refractivity contribution in [3.8, 4) is 0 Å². The molecular weight excluding hydrogens is 280 g/mol. The lowest BCUT2D eigenvalue weighted by Gasteiger charge is -2.29. The highest BCUT2D eigenvalue weighted by molar-refractivity contribution is 5.92. The summed E-state index contributed by atoms with van der Waals surface area (Å²) in [6, 6.07) is 3.61. The molecule has 22 heavy (non-hydrogen) atoms. The molecule has 2 fully saturated rings. The average molecular weight is 304 g/mol. The van der Waals surface area contributed by atoms with Crippen LogP contribution < -0.4 is 10.2 Å². The molecule has 3 rings (SSSR count). The number of anilines is 1. The monoisotopic (exact) mass is 304 g/mol. The number of carbonyl (C=O) groups excluding carboxylic acids is 1. The first-order valence-electron chi connectivity index (χ1n) is 8.13. The largest absolute Gasteiger partial charge is 0.396 e. The first-order valence-corrected chi connectivity index (χ1v) is 8.13. The van der Waals surface area contributed by atoms with Crippen LogP contribution in [-0.4, -0.2) is 46.9 Å². The number of nitrogens with one attached hydrogen (secondary N) is 1. The molecule has 120 valence electrons. The van der Waals surface area contributed by atoms with Crippen molar-refractivity contribution in [2.45, 2.75) is 45.1 Å². The van der Waals surface area contributed by atoms with E-state index in [1.165, 1.54) is 12.8 Å². The minimum Gasteiger partial charge on any atom is -0.396 e. The number of aliphatic hydroxyl groups is 1. The lowest BCUT2D eigenvalue weighted by Crippen LogP contribution is -2.45. The first kappa shape index (κ1) is 15.2. The maximum absolute atomic E-state index is 12.3. The Balaban J connectivity index is 1.65. The van der Waals surface area contributed by atoms with Crippen molar-refractivity contribution in [1.29, 1.82) is 0 Å².